The first kappa shape index (κ1) is 17.0. The lowest BCUT2D eigenvalue weighted by atomic mass is 9.89. The van der Waals surface area contributed by atoms with Gasteiger partial charge in [-0.3, -0.25) is 0 Å². The van der Waals surface area contributed by atoms with Gasteiger partial charge in [-0.05, 0) is 43.2 Å². The highest BCUT2D eigenvalue weighted by Gasteiger charge is 2.47. The van der Waals surface area contributed by atoms with Gasteiger partial charge in [0, 0.05) is 22.4 Å². The van der Waals surface area contributed by atoms with Crippen LogP contribution in [0.2, 0.25) is 0 Å². The number of benzene rings is 2. The van der Waals surface area contributed by atoms with Crippen LogP contribution in [0.3, 0.4) is 0 Å². The van der Waals surface area contributed by atoms with Gasteiger partial charge in [0.2, 0.25) is 11.8 Å². The lowest BCUT2D eigenvalue weighted by Gasteiger charge is -2.25. The van der Waals surface area contributed by atoms with Crippen LogP contribution in [0.1, 0.15) is 32.3 Å². The highest BCUT2D eigenvalue weighted by molar-refractivity contribution is 5.96. The molecular formula is C23H22N2O3. The van der Waals surface area contributed by atoms with Crippen molar-refractivity contribution in [2.45, 2.75) is 38.8 Å². The Morgan fingerprint density at radius 2 is 1.96 bits per heavy atom. The van der Waals surface area contributed by atoms with Crippen molar-refractivity contribution >= 4 is 16.8 Å². The third kappa shape index (κ3) is 2.87. The van der Waals surface area contributed by atoms with Gasteiger partial charge in [-0.15, -0.1) is 0 Å². The number of aromatic hydroxyl groups is 1. The van der Waals surface area contributed by atoms with E-state index in [0.29, 0.717) is 23.0 Å². The molecule has 1 aliphatic carbocycles. The van der Waals surface area contributed by atoms with Crippen LogP contribution < -0.4 is 4.74 Å². The van der Waals surface area contributed by atoms with Crippen molar-refractivity contribution < 1.29 is 14.6 Å². The molecule has 28 heavy (non-hydrogen) atoms. The number of phenolic OH excluding ortho intramolecular Hbond substituents is 1. The van der Waals surface area contributed by atoms with E-state index < -0.39 is 0 Å². The highest BCUT2D eigenvalue weighted by Crippen LogP contribution is 2.44. The van der Waals surface area contributed by atoms with Crippen LogP contribution in [-0.2, 0) is 4.74 Å². The van der Waals surface area contributed by atoms with Crippen molar-refractivity contribution in [1.82, 2.24) is 4.98 Å². The van der Waals surface area contributed by atoms with Gasteiger partial charge < -0.3 is 14.6 Å². The maximum atomic E-state index is 10.0. The Kier molecular flexibility index (Phi) is 3.79. The maximum absolute atomic E-state index is 10.0. The molecule has 1 N–H and O–H groups in total. The van der Waals surface area contributed by atoms with E-state index in [0.717, 1.165) is 23.8 Å². The van der Waals surface area contributed by atoms with Gasteiger partial charge in [-0.2, -0.15) is 0 Å². The number of para-hydroxylation sites is 1. The van der Waals surface area contributed by atoms with Crippen LogP contribution in [0.15, 0.2) is 59.6 Å². The van der Waals surface area contributed by atoms with E-state index in [9.17, 15) is 5.11 Å². The molecule has 5 heteroatoms. The van der Waals surface area contributed by atoms with Crippen molar-refractivity contribution in [3.05, 3.63) is 60.2 Å². The Labute approximate surface area is 163 Å². The average Bonchev–Trinajstić information content (AvgIpc) is 3.24. The fourth-order valence-corrected chi connectivity index (χ4v) is 4.13. The Bertz CT molecular complexity index is 1090. The van der Waals surface area contributed by atoms with Crippen molar-refractivity contribution in [3.63, 3.8) is 0 Å². The minimum absolute atomic E-state index is 0.138. The molecule has 0 bridgehead atoms. The molecule has 2 heterocycles. The summed E-state index contributed by atoms with van der Waals surface area (Å²) in [7, 11) is 0. The van der Waals surface area contributed by atoms with Crippen molar-refractivity contribution in [3.8, 4) is 17.4 Å². The number of phenols is 1. The third-order valence-electron chi connectivity index (χ3n) is 5.70. The lowest BCUT2D eigenvalue weighted by molar-refractivity contribution is 0.102. The topological polar surface area (TPSA) is 63.9 Å². The monoisotopic (exact) mass is 374 g/mol. The fourth-order valence-electron chi connectivity index (χ4n) is 4.13. The lowest BCUT2D eigenvalue weighted by Crippen LogP contribution is -2.30. The summed E-state index contributed by atoms with van der Waals surface area (Å²) < 4.78 is 12.2. The third-order valence-corrected chi connectivity index (χ3v) is 5.70. The maximum Gasteiger partial charge on any atom is 0.219 e. The first-order valence-corrected chi connectivity index (χ1v) is 9.61. The summed E-state index contributed by atoms with van der Waals surface area (Å²) in [4.78, 5) is 9.24. The van der Waals surface area contributed by atoms with E-state index >= 15 is 0 Å². The quantitative estimate of drug-likeness (QED) is 0.695. The molecule has 1 saturated carbocycles. The van der Waals surface area contributed by atoms with Gasteiger partial charge in [0.05, 0.1) is 6.04 Å². The zero-order valence-corrected chi connectivity index (χ0v) is 15.9. The minimum Gasteiger partial charge on any atom is -0.506 e. The first-order valence-electron chi connectivity index (χ1n) is 9.61. The number of hydrogen-bond acceptors (Lipinski definition) is 5. The van der Waals surface area contributed by atoms with Crippen LogP contribution >= 0.6 is 0 Å². The number of pyridine rings is 1. The molecule has 0 radical (unpaired) electrons. The summed E-state index contributed by atoms with van der Waals surface area (Å²) in [5, 5.41) is 10.9. The zero-order valence-electron chi connectivity index (χ0n) is 15.9. The molecule has 142 valence electrons. The number of ether oxygens (including phenoxy) is 2. The SMILES string of the molecule is CC1(C)CC[C@@H]2N=C(c3cccc(Oc4ccc5cccc(O)c5n4)c3)O[C@H]21. The van der Waals surface area contributed by atoms with Crippen LogP contribution in [0.25, 0.3) is 10.9 Å². The number of nitrogens with zero attached hydrogens (tertiary/aromatic N) is 2. The molecule has 5 nitrogen and oxygen atoms in total. The summed E-state index contributed by atoms with van der Waals surface area (Å²) in [6.45, 7) is 4.49. The van der Waals surface area contributed by atoms with E-state index in [4.69, 9.17) is 14.5 Å². The van der Waals surface area contributed by atoms with Crippen molar-refractivity contribution in [2.24, 2.45) is 10.4 Å². The van der Waals surface area contributed by atoms with Gasteiger partial charge in [0.15, 0.2) is 0 Å². The molecule has 0 amide bonds. The number of aromatic nitrogens is 1. The number of fused-ring (bicyclic) bond motifs is 2. The number of hydrogen-bond donors (Lipinski definition) is 1. The molecule has 3 aromatic rings. The Morgan fingerprint density at radius 1 is 1.11 bits per heavy atom. The summed E-state index contributed by atoms with van der Waals surface area (Å²) in [5.74, 6) is 1.91. The number of rotatable bonds is 3. The molecule has 1 aliphatic heterocycles. The Balaban J connectivity index is 1.40. The Hall–Kier alpha value is -3.08. The van der Waals surface area contributed by atoms with E-state index in [1.165, 1.54) is 0 Å². The highest BCUT2D eigenvalue weighted by atomic mass is 16.5. The van der Waals surface area contributed by atoms with Crippen LogP contribution in [0.4, 0.5) is 0 Å². The van der Waals surface area contributed by atoms with E-state index in [1.54, 1.807) is 18.2 Å². The van der Waals surface area contributed by atoms with Gasteiger partial charge in [-0.1, -0.05) is 32.0 Å². The minimum atomic E-state index is 0.138. The predicted octanol–water partition coefficient (Wildman–Crippen LogP) is 5.07. The van der Waals surface area contributed by atoms with Gasteiger partial charge in [0.1, 0.15) is 23.1 Å². The first-order chi connectivity index (χ1) is 13.5. The van der Waals surface area contributed by atoms with Crippen LogP contribution in [0.5, 0.6) is 17.4 Å². The normalized spacial score (nSPS) is 22.6. The average molecular weight is 374 g/mol. The van der Waals surface area contributed by atoms with Gasteiger partial charge in [0.25, 0.3) is 0 Å². The molecule has 5 rings (SSSR count). The summed E-state index contributed by atoms with van der Waals surface area (Å²) in [6, 6.07) is 17.0. The molecule has 0 spiro atoms. The Morgan fingerprint density at radius 3 is 2.82 bits per heavy atom. The standard InChI is InChI=1S/C23H22N2O3/c1-23(2)12-11-17-21(23)28-22(24-17)15-6-3-7-16(13-15)27-19-10-9-14-5-4-8-18(26)20(14)25-19/h3-10,13,17,21,26H,11-12H2,1-2H3/t17-,21+/m0/s1. The van der Waals surface area contributed by atoms with Crippen LogP contribution in [0, 0.1) is 5.41 Å². The van der Waals surface area contributed by atoms with Gasteiger partial charge in [-0.25, -0.2) is 9.98 Å². The smallest absolute Gasteiger partial charge is 0.219 e. The van der Waals surface area contributed by atoms with E-state index in [2.05, 4.69) is 18.8 Å². The summed E-state index contributed by atoms with van der Waals surface area (Å²) in [6.07, 6.45) is 2.36. The molecule has 1 fully saturated rings. The molecule has 2 atom stereocenters. The second-order valence-corrected chi connectivity index (χ2v) is 8.20. The van der Waals surface area contributed by atoms with E-state index in [1.807, 2.05) is 36.4 Å². The zero-order chi connectivity index (χ0) is 19.3. The second kappa shape index (κ2) is 6.23. The van der Waals surface area contributed by atoms with Crippen molar-refractivity contribution in [1.29, 1.82) is 0 Å². The summed E-state index contributed by atoms with van der Waals surface area (Å²) >= 11 is 0. The molecule has 0 saturated heterocycles. The molecular weight excluding hydrogens is 352 g/mol. The molecule has 0 unspecified atom stereocenters. The second-order valence-electron chi connectivity index (χ2n) is 8.20. The molecule has 2 aromatic carbocycles. The summed E-state index contributed by atoms with van der Waals surface area (Å²) in [5.41, 5.74) is 1.59. The molecule has 2 aliphatic rings. The predicted molar refractivity (Wildman–Crippen MR) is 108 cm³/mol. The number of aliphatic imine (C=N–C) groups is 1. The van der Waals surface area contributed by atoms with Crippen molar-refractivity contribution in [2.75, 3.05) is 0 Å². The van der Waals surface area contributed by atoms with E-state index in [-0.39, 0.29) is 23.3 Å². The largest absolute Gasteiger partial charge is 0.506 e. The fraction of sp³-hybridized carbons (Fsp3) is 0.304. The van der Waals surface area contributed by atoms with Gasteiger partial charge >= 0.3 is 0 Å². The molecule has 1 aromatic heterocycles. The van der Waals surface area contributed by atoms with Crippen LogP contribution in [-0.4, -0.2) is 28.1 Å².